The van der Waals surface area contributed by atoms with Crippen molar-refractivity contribution in [2.75, 3.05) is 45.9 Å². The second kappa shape index (κ2) is 11.8. The molecule has 0 spiro atoms. The van der Waals surface area contributed by atoms with E-state index in [0.717, 1.165) is 50.0 Å². The summed E-state index contributed by atoms with van der Waals surface area (Å²) in [6.45, 7) is 7.60. The van der Waals surface area contributed by atoms with Gasteiger partial charge in [-0.25, -0.2) is 4.99 Å². The van der Waals surface area contributed by atoms with Crippen molar-refractivity contribution >= 4 is 48.2 Å². The number of hydrogen-bond acceptors (Lipinski definition) is 5. The number of hydrogen-bond donors (Lipinski definition) is 2. The van der Waals surface area contributed by atoms with Crippen LogP contribution < -0.4 is 10.6 Å². The Morgan fingerprint density at radius 1 is 1.18 bits per heavy atom. The number of nitrogens with one attached hydrogen (secondary N) is 2. The predicted molar refractivity (Wildman–Crippen MR) is 143 cm³/mol. The molecule has 4 aliphatic rings. The van der Waals surface area contributed by atoms with Gasteiger partial charge in [-0.3, -0.25) is 4.79 Å². The Balaban J connectivity index is 0.00000162. The summed E-state index contributed by atoms with van der Waals surface area (Å²) in [7, 11) is 0. The lowest BCUT2D eigenvalue weighted by molar-refractivity contribution is -0.134. The molecule has 1 amide bonds. The number of carbonyl (C=O) groups excluding carboxylic acids is 1. The molecule has 2 heterocycles. The Hall–Kier alpha value is -1.73. The molecule has 2 atom stereocenters. The minimum atomic E-state index is -0.179. The molecule has 1 aromatic carbocycles. The summed E-state index contributed by atoms with van der Waals surface area (Å²) in [6.07, 6.45) is 7.00. The van der Waals surface area contributed by atoms with Crippen molar-refractivity contribution in [3.63, 3.8) is 0 Å². The van der Waals surface area contributed by atoms with E-state index in [-0.39, 0.29) is 36.6 Å². The lowest BCUT2D eigenvalue weighted by Gasteiger charge is -2.39. The van der Waals surface area contributed by atoms with Crippen LogP contribution in [0.2, 0.25) is 5.02 Å². The van der Waals surface area contributed by atoms with Gasteiger partial charge in [-0.2, -0.15) is 0 Å². The molecule has 0 bridgehead atoms. The summed E-state index contributed by atoms with van der Waals surface area (Å²) in [5.74, 6) is 2.30. The third-order valence-corrected chi connectivity index (χ3v) is 7.23. The highest BCUT2D eigenvalue weighted by Crippen LogP contribution is 2.30. The molecule has 2 N–H and O–H groups in total. The topological polar surface area (TPSA) is 60.0 Å². The van der Waals surface area contributed by atoms with Gasteiger partial charge >= 0.3 is 0 Å². The average Bonchev–Trinajstić information content (AvgIpc) is 3.57. The Kier molecular flexibility index (Phi) is 9.33. The van der Waals surface area contributed by atoms with Crippen molar-refractivity contribution < 1.29 is 4.79 Å². The zero-order valence-electron chi connectivity index (χ0n) is 19.5. The lowest BCUT2D eigenvalue weighted by atomic mass is 9.96. The number of rotatable bonds is 6. The maximum Gasteiger partial charge on any atom is 0.231 e. The van der Waals surface area contributed by atoms with E-state index in [0.29, 0.717) is 24.2 Å². The van der Waals surface area contributed by atoms with Crippen LogP contribution in [0.4, 0.5) is 0 Å². The molecule has 1 aromatic rings. The Morgan fingerprint density at radius 2 is 1.88 bits per heavy atom. The first kappa shape index (κ1) is 26.9. The second-order valence-electron chi connectivity index (χ2n) is 9.31. The number of aliphatic imine (C=N–C) groups is 1. The van der Waals surface area contributed by atoms with E-state index in [9.17, 15) is 4.79 Å². The third-order valence-electron chi connectivity index (χ3n) is 6.98. The summed E-state index contributed by atoms with van der Waals surface area (Å²) in [4.78, 5) is 22.7. The molecule has 0 aromatic heterocycles. The van der Waals surface area contributed by atoms with E-state index >= 15 is 0 Å². The first-order valence-corrected chi connectivity index (χ1v) is 12.2. The van der Waals surface area contributed by atoms with Crippen LogP contribution in [-0.4, -0.2) is 67.5 Å². The second-order valence-corrected chi connectivity index (χ2v) is 9.75. The number of amides is 1. The van der Waals surface area contributed by atoms with Gasteiger partial charge in [0, 0.05) is 54.9 Å². The summed E-state index contributed by atoms with van der Waals surface area (Å²) < 4.78 is 0. The minimum absolute atomic E-state index is 0. The van der Waals surface area contributed by atoms with Crippen molar-refractivity contribution in [3.05, 3.63) is 58.3 Å². The van der Waals surface area contributed by atoms with Crippen LogP contribution in [0.5, 0.6) is 0 Å². The largest absolute Gasteiger partial charge is 0.366 e. The van der Waals surface area contributed by atoms with E-state index in [1.807, 2.05) is 29.2 Å². The van der Waals surface area contributed by atoms with E-state index in [1.54, 1.807) is 0 Å². The molecule has 1 saturated heterocycles. The van der Waals surface area contributed by atoms with Gasteiger partial charge in [0.05, 0.1) is 5.92 Å². The normalized spacial score (nSPS) is 22.3. The van der Waals surface area contributed by atoms with Crippen LogP contribution in [0.15, 0.2) is 52.7 Å². The first-order valence-electron chi connectivity index (χ1n) is 11.8. The van der Waals surface area contributed by atoms with Gasteiger partial charge < -0.3 is 20.4 Å². The number of carbonyl (C=O) groups is 1. The van der Waals surface area contributed by atoms with Gasteiger partial charge in [0.2, 0.25) is 5.91 Å². The molecule has 9 heteroatoms. The number of halogens is 3. The highest BCUT2D eigenvalue weighted by Gasteiger charge is 2.33. The molecule has 186 valence electrons. The summed E-state index contributed by atoms with van der Waals surface area (Å²) >= 11 is 6.10. The van der Waals surface area contributed by atoms with Crippen LogP contribution in [-0.2, 0) is 4.79 Å². The summed E-state index contributed by atoms with van der Waals surface area (Å²) in [5, 5.41) is 7.62. The zero-order chi connectivity index (χ0) is 22.1. The molecule has 2 aliphatic carbocycles. The quantitative estimate of drug-likeness (QED) is 0.591. The van der Waals surface area contributed by atoms with Crippen LogP contribution in [0.1, 0.15) is 31.2 Å². The standard InChI is InChI=1S/C25H32ClN5O.2ClH/c1-17-2-9-22-23(17)24(29-16-28-22)30-10-12-31(13-11-30)25(32)21(15-27-14-18-3-4-18)19-5-7-20(26)8-6-19;;/h2,5-9,17-18,21,27-28H,3-4,10-16H2,1H3;2*1H. The van der Waals surface area contributed by atoms with Gasteiger partial charge in [0.15, 0.2) is 0 Å². The number of allylic oxidation sites excluding steroid dienone is 2. The molecular formula is C25H34Cl3N5O. The van der Waals surface area contributed by atoms with E-state index in [1.165, 1.54) is 24.1 Å². The fourth-order valence-electron chi connectivity index (χ4n) is 4.86. The molecule has 2 fully saturated rings. The van der Waals surface area contributed by atoms with Crippen molar-refractivity contribution in [3.8, 4) is 0 Å². The monoisotopic (exact) mass is 525 g/mol. The maximum absolute atomic E-state index is 13.6. The number of benzene rings is 1. The molecule has 2 unspecified atom stereocenters. The lowest BCUT2D eigenvalue weighted by Crippen LogP contribution is -2.53. The molecule has 5 rings (SSSR count). The van der Waals surface area contributed by atoms with Gasteiger partial charge in [0.1, 0.15) is 12.5 Å². The van der Waals surface area contributed by atoms with Crippen LogP contribution in [0, 0.1) is 11.8 Å². The highest BCUT2D eigenvalue weighted by atomic mass is 35.5. The van der Waals surface area contributed by atoms with Crippen molar-refractivity contribution in [1.82, 2.24) is 20.4 Å². The fraction of sp³-hybridized carbons (Fsp3) is 0.520. The molecule has 2 aliphatic heterocycles. The SMILES string of the molecule is CC1C=CC2=C1C(N1CCN(C(=O)C(CNCC3CC3)c3ccc(Cl)cc3)CC1)=NCN2.Cl.Cl. The Labute approximate surface area is 219 Å². The third kappa shape index (κ3) is 5.91. The maximum atomic E-state index is 13.6. The van der Waals surface area contributed by atoms with Crippen molar-refractivity contribution in [2.24, 2.45) is 16.8 Å². The summed E-state index contributed by atoms with van der Waals surface area (Å²) in [5.41, 5.74) is 3.53. The van der Waals surface area contributed by atoms with E-state index in [2.05, 4.69) is 34.6 Å². The molecule has 6 nitrogen and oxygen atoms in total. The molecule has 1 saturated carbocycles. The molecule has 0 radical (unpaired) electrons. The highest BCUT2D eigenvalue weighted by molar-refractivity contribution is 6.30. The van der Waals surface area contributed by atoms with Gasteiger partial charge in [-0.15, -0.1) is 24.8 Å². The van der Waals surface area contributed by atoms with Crippen LogP contribution >= 0.6 is 36.4 Å². The van der Waals surface area contributed by atoms with Gasteiger partial charge in [0.25, 0.3) is 0 Å². The Bertz CT molecular complexity index is 950. The number of nitrogens with zero attached hydrogens (tertiary/aromatic N) is 3. The van der Waals surface area contributed by atoms with Crippen LogP contribution in [0.3, 0.4) is 0 Å². The first-order chi connectivity index (χ1) is 15.6. The zero-order valence-corrected chi connectivity index (χ0v) is 21.9. The minimum Gasteiger partial charge on any atom is -0.366 e. The van der Waals surface area contributed by atoms with E-state index < -0.39 is 0 Å². The molecular weight excluding hydrogens is 493 g/mol. The smallest absolute Gasteiger partial charge is 0.231 e. The average molecular weight is 527 g/mol. The predicted octanol–water partition coefficient (Wildman–Crippen LogP) is 3.83. The van der Waals surface area contributed by atoms with E-state index in [4.69, 9.17) is 16.6 Å². The Morgan fingerprint density at radius 3 is 2.56 bits per heavy atom. The summed E-state index contributed by atoms with van der Waals surface area (Å²) in [6, 6.07) is 7.75. The molecule has 34 heavy (non-hydrogen) atoms. The van der Waals surface area contributed by atoms with Crippen molar-refractivity contribution in [2.45, 2.75) is 25.7 Å². The number of amidine groups is 1. The van der Waals surface area contributed by atoms with Gasteiger partial charge in [-0.05, 0) is 49.1 Å². The van der Waals surface area contributed by atoms with Crippen molar-refractivity contribution in [1.29, 1.82) is 0 Å². The van der Waals surface area contributed by atoms with Gasteiger partial charge in [-0.1, -0.05) is 36.7 Å². The fourth-order valence-corrected chi connectivity index (χ4v) is 4.99. The number of piperazine rings is 1. The van der Waals surface area contributed by atoms with Crippen LogP contribution in [0.25, 0.3) is 0 Å².